The monoisotopic (exact) mass is 505 g/mol. The molecular weight excluding hydrogens is 482 g/mol. The number of ether oxygens (including phenoxy) is 2. The van der Waals surface area contributed by atoms with Crippen molar-refractivity contribution >= 4 is 45.6 Å². The quantitative estimate of drug-likeness (QED) is 0.301. The van der Waals surface area contributed by atoms with Gasteiger partial charge in [0.1, 0.15) is 16.0 Å². The van der Waals surface area contributed by atoms with E-state index in [1.54, 1.807) is 6.92 Å². The van der Waals surface area contributed by atoms with Gasteiger partial charge in [-0.05, 0) is 45.1 Å². The normalized spacial score (nSPS) is 13.7. The van der Waals surface area contributed by atoms with Crippen LogP contribution in [0.25, 0.3) is 0 Å². The Hall–Kier alpha value is -3.87. The molecule has 0 unspecified atom stereocenters. The van der Waals surface area contributed by atoms with E-state index in [1.165, 1.54) is 6.92 Å². The number of non-ortho nitro benzene ring substituents is 2. The molecule has 1 saturated carbocycles. The molecule has 0 saturated heterocycles. The van der Waals surface area contributed by atoms with Gasteiger partial charge in [0, 0.05) is 12.1 Å². The van der Waals surface area contributed by atoms with Gasteiger partial charge in [-0.2, -0.15) is 0 Å². The summed E-state index contributed by atoms with van der Waals surface area (Å²) in [5.41, 5.74) is -1.45. The van der Waals surface area contributed by atoms with Crippen molar-refractivity contribution < 1.29 is 33.7 Å². The van der Waals surface area contributed by atoms with Crippen molar-refractivity contribution in [1.82, 2.24) is 0 Å². The number of nitrogens with one attached hydrogen (secondary N) is 1. The molecule has 1 aromatic heterocycles. The predicted octanol–water partition coefficient (Wildman–Crippen LogP) is 4.79. The maximum Gasteiger partial charge on any atom is 0.348 e. The number of esters is 2. The summed E-state index contributed by atoms with van der Waals surface area (Å²) in [4.78, 5) is 59.0. The minimum atomic E-state index is -0.934. The zero-order chi connectivity index (χ0) is 25.7. The van der Waals surface area contributed by atoms with E-state index in [2.05, 4.69) is 5.32 Å². The average Bonchev–Trinajstić information content (AvgIpc) is 3.15. The van der Waals surface area contributed by atoms with E-state index in [-0.39, 0.29) is 39.3 Å². The molecule has 1 fully saturated rings. The molecule has 1 N–H and O–H groups in total. The molecule has 13 heteroatoms. The summed E-state index contributed by atoms with van der Waals surface area (Å²) in [5, 5.41) is 24.7. The van der Waals surface area contributed by atoms with Gasteiger partial charge in [0.15, 0.2) is 0 Å². The number of amides is 1. The number of carbonyl (C=O) groups is 3. The van der Waals surface area contributed by atoms with Gasteiger partial charge in [-0.3, -0.25) is 25.0 Å². The van der Waals surface area contributed by atoms with E-state index in [0.717, 1.165) is 61.6 Å². The molecule has 0 aliphatic heterocycles. The van der Waals surface area contributed by atoms with Gasteiger partial charge in [-0.15, -0.1) is 11.3 Å². The molecule has 0 radical (unpaired) electrons. The Morgan fingerprint density at radius 3 is 2.17 bits per heavy atom. The number of nitro groups is 2. The van der Waals surface area contributed by atoms with E-state index >= 15 is 0 Å². The van der Waals surface area contributed by atoms with E-state index in [9.17, 15) is 34.6 Å². The molecule has 0 spiro atoms. The fraction of sp³-hybridized carbons (Fsp3) is 0.409. The van der Waals surface area contributed by atoms with E-state index in [0.29, 0.717) is 0 Å². The lowest BCUT2D eigenvalue weighted by Crippen LogP contribution is -2.21. The second-order valence-electron chi connectivity index (χ2n) is 7.85. The van der Waals surface area contributed by atoms with Crippen molar-refractivity contribution in [3.63, 3.8) is 0 Å². The van der Waals surface area contributed by atoms with Crippen LogP contribution >= 0.6 is 11.3 Å². The maximum absolute atomic E-state index is 12.9. The first kappa shape index (κ1) is 25.7. The topological polar surface area (TPSA) is 168 Å². The molecule has 0 bridgehead atoms. The fourth-order valence-electron chi connectivity index (χ4n) is 3.75. The number of hydrogen-bond acceptors (Lipinski definition) is 10. The lowest BCUT2D eigenvalue weighted by Gasteiger charge is -2.21. The first-order valence-electron chi connectivity index (χ1n) is 10.9. The highest BCUT2D eigenvalue weighted by molar-refractivity contribution is 7.18. The van der Waals surface area contributed by atoms with Crippen LogP contribution in [0, 0.1) is 27.2 Å². The smallest absolute Gasteiger partial charge is 0.348 e. The highest BCUT2D eigenvalue weighted by atomic mass is 32.1. The third-order valence-corrected chi connectivity index (χ3v) is 6.64. The highest BCUT2D eigenvalue weighted by Crippen LogP contribution is 2.36. The van der Waals surface area contributed by atoms with Gasteiger partial charge in [-0.25, -0.2) is 9.59 Å². The number of carbonyl (C=O) groups excluding carboxylic acids is 3. The van der Waals surface area contributed by atoms with Crippen molar-refractivity contribution in [2.45, 2.75) is 52.1 Å². The van der Waals surface area contributed by atoms with Gasteiger partial charge < -0.3 is 14.8 Å². The Morgan fingerprint density at radius 2 is 1.63 bits per heavy atom. The second kappa shape index (κ2) is 11.0. The van der Waals surface area contributed by atoms with Crippen LogP contribution in [-0.2, 0) is 9.47 Å². The molecule has 1 aliphatic rings. The Kier molecular flexibility index (Phi) is 8.12. The van der Waals surface area contributed by atoms with Crippen molar-refractivity contribution in [3.8, 4) is 0 Å². The number of nitrogens with zero attached hydrogens (tertiary/aromatic N) is 2. The molecule has 1 heterocycles. The molecule has 12 nitrogen and oxygen atoms in total. The van der Waals surface area contributed by atoms with Crippen LogP contribution in [0.5, 0.6) is 0 Å². The number of hydrogen-bond donors (Lipinski definition) is 1. The number of thiophene rings is 1. The summed E-state index contributed by atoms with van der Waals surface area (Å²) < 4.78 is 10.7. The molecule has 1 aliphatic carbocycles. The minimum absolute atomic E-state index is 0.0318. The standard InChI is InChI=1S/C22H23N3O9S/c1-3-33-21(27)17-12(2)18(22(28)34-16-7-5-4-6-8-16)35-20(17)23-19(26)13-9-14(24(29)30)11-15(10-13)25(31)32/h9-11,16H,3-8H2,1-2H3,(H,23,26). The molecule has 35 heavy (non-hydrogen) atoms. The van der Waals surface area contributed by atoms with Gasteiger partial charge in [0.25, 0.3) is 17.3 Å². The van der Waals surface area contributed by atoms with Gasteiger partial charge >= 0.3 is 11.9 Å². The first-order valence-corrected chi connectivity index (χ1v) is 11.7. The number of anilines is 1. The highest BCUT2D eigenvalue weighted by Gasteiger charge is 2.30. The number of rotatable bonds is 8. The summed E-state index contributed by atoms with van der Waals surface area (Å²) in [6, 6.07) is 2.49. The molecule has 1 aromatic carbocycles. The molecule has 3 rings (SSSR count). The van der Waals surface area contributed by atoms with Crippen LogP contribution in [0.15, 0.2) is 18.2 Å². The van der Waals surface area contributed by atoms with Crippen LogP contribution in [0.3, 0.4) is 0 Å². The van der Waals surface area contributed by atoms with Crippen molar-refractivity contribution in [2.24, 2.45) is 0 Å². The summed E-state index contributed by atoms with van der Waals surface area (Å²) >= 11 is 0.806. The third kappa shape index (κ3) is 5.98. The molecule has 0 atom stereocenters. The van der Waals surface area contributed by atoms with Crippen molar-refractivity contribution in [1.29, 1.82) is 0 Å². The summed E-state index contributed by atoms with van der Waals surface area (Å²) in [6.45, 7) is 3.16. The molecule has 2 aromatic rings. The van der Waals surface area contributed by atoms with Crippen LogP contribution < -0.4 is 5.32 Å². The van der Waals surface area contributed by atoms with E-state index in [1.807, 2.05) is 0 Å². The first-order chi connectivity index (χ1) is 16.6. The van der Waals surface area contributed by atoms with Crippen LogP contribution in [0.2, 0.25) is 0 Å². The van der Waals surface area contributed by atoms with E-state index < -0.39 is 39.1 Å². The number of nitro benzene ring substituents is 2. The third-order valence-electron chi connectivity index (χ3n) is 5.45. The Morgan fingerprint density at radius 1 is 1.03 bits per heavy atom. The molecule has 1 amide bonds. The Labute approximate surface area is 203 Å². The Balaban J connectivity index is 1.95. The van der Waals surface area contributed by atoms with Crippen molar-refractivity contribution in [3.05, 3.63) is 60.0 Å². The van der Waals surface area contributed by atoms with E-state index in [4.69, 9.17) is 9.47 Å². The second-order valence-corrected chi connectivity index (χ2v) is 8.87. The predicted molar refractivity (Wildman–Crippen MR) is 125 cm³/mol. The molecular formula is C22H23N3O9S. The van der Waals surface area contributed by atoms with Crippen LogP contribution in [0.4, 0.5) is 16.4 Å². The largest absolute Gasteiger partial charge is 0.462 e. The lowest BCUT2D eigenvalue weighted by atomic mass is 9.98. The SMILES string of the molecule is CCOC(=O)c1c(NC(=O)c2cc([N+](=O)[O-])cc([N+](=O)[O-])c2)sc(C(=O)OC2CCCCC2)c1C. The van der Waals surface area contributed by atoms with Gasteiger partial charge in [0.05, 0.1) is 33.6 Å². The zero-order valence-corrected chi connectivity index (χ0v) is 19.8. The summed E-state index contributed by atoms with van der Waals surface area (Å²) in [5.74, 6) is -2.34. The van der Waals surface area contributed by atoms with Crippen LogP contribution in [-0.4, -0.2) is 40.4 Å². The lowest BCUT2D eigenvalue weighted by molar-refractivity contribution is -0.394. The Bertz CT molecular complexity index is 1150. The maximum atomic E-state index is 12.9. The minimum Gasteiger partial charge on any atom is -0.462 e. The average molecular weight is 506 g/mol. The molecule has 186 valence electrons. The van der Waals surface area contributed by atoms with Crippen molar-refractivity contribution in [2.75, 3.05) is 11.9 Å². The van der Waals surface area contributed by atoms with Crippen LogP contribution in [0.1, 0.15) is 75.0 Å². The summed E-state index contributed by atoms with van der Waals surface area (Å²) in [7, 11) is 0. The van der Waals surface area contributed by atoms with Gasteiger partial charge in [0.2, 0.25) is 0 Å². The zero-order valence-electron chi connectivity index (χ0n) is 19.0. The van der Waals surface area contributed by atoms with Gasteiger partial charge in [-0.1, -0.05) is 6.42 Å². The number of benzene rings is 1. The fourth-order valence-corrected chi connectivity index (χ4v) is 4.82. The summed E-state index contributed by atoms with van der Waals surface area (Å²) in [6.07, 6.45) is 4.24.